The van der Waals surface area contributed by atoms with Gasteiger partial charge >= 0.3 is 0 Å². The van der Waals surface area contributed by atoms with Crippen LogP contribution >= 0.6 is 0 Å². The number of benzene rings is 2. The van der Waals surface area contributed by atoms with Crippen LogP contribution < -0.4 is 9.47 Å². The first-order chi connectivity index (χ1) is 12.8. The number of carbonyl (C=O) groups is 1. The summed E-state index contributed by atoms with van der Waals surface area (Å²) in [5, 5.41) is 0. The Morgan fingerprint density at radius 2 is 2.00 bits per heavy atom. The first kappa shape index (κ1) is 17.9. The fraction of sp³-hybridized carbons (Fsp3) is 0.316. The van der Waals surface area contributed by atoms with Crippen molar-refractivity contribution in [1.29, 1.82) is 0 Å². The second kappa shape index (κ2) is 6.31. The van der Waals surface area contributed by atoms with Crippen molar-refractivity contribution in [2.45, 2.75) is 23.3 Å². The Kier molecular flexibility index (Phi) is 4.20. The SMILES string of the molecule is COc1ccc(F)cc1S(=O)(=O)N1CCC2(CC(=O)c3ccccc3O2)C1. The molecule has 2 aliphatic heterocycles. The number of hydrogen-bond donors (Lipinski definition) is 0. The molecule has 0 N–H and O–H groups in total. The Morgan fingerprint density at radius 1 is 1.22 bits per heavy atom. The Hall–Kier alpha value is -2.45. The lowest BCUT2D eigenvalue weighted by atomic mass is 9.89. The number of ketones is 1. The molecule has 2 heterocycles. The molecule has 2 aromatic carbocycles. The van der Waals surface area contributed by atoms with Gasteiger partial charge in [-0.05, 0) is 30.3 Å². The third kappa shape index (κ3) is 2.98. The predicted octanol–water partition coefficient (Wildman–Crippen LogP) is 2.63. The Morgan fingerprint density at radius 3 is 2.78 bits per heavy atom. The number of fused-ring (bicyclic) bond motifs is 1. The van der Waals surface area contributed by atoms with Crippen LogP contribution in [0.4, 0.5) is 4.39 Å². The molecule has 0 aliphatic carbocycles. The van der Waals surface area contributed by atoms with Crippen molar-refractivity contribution in [2.24, 2.45) is 0 Å². The van der Waals surface area contributed by atoms with Crippen LogP contribution in [0.25, 0.3) is 0 Å². The molecule has 1 atom stereocenters. The van der Waals surface area contributed by atoms with E-state index < -0.39 is 21.4 Å². The molecule has 2 aliphatic rings. The molecule has 0 radical (unpaired) electrons. The summed E-state index contributed by atoms with van der Waals surface area (Å²) >= 11 is 0. The molecule has 4 rings (SSSR count). The Labute approximate surface area is 156 Å². The zero-order valence-electron chi connectivity index (χ0n) is 14.6. The monoisotopic (exact) mass is 391 g/mol. The Balaban J connectivity index is 1.65. The third-order valence-electron chi connectivity index (χ3n) is 5.02. The highest BCUT2D eigenvalue weighted by atomic mass is 32.2. The molecule has 2 aromatic rings. The van der Waals surface area contributed by atoms with E-state index in [2.05, 4.69) is 0 Å². The molecule has 0 saturated carbocycles. The minimum atomic E-state index is -4.00. The fourth-order valence-corrected chi connectivity index (χ4v) is 5.36. The van der Waals surface area contributed by atoms with Gasteiger partial charge in [0.25, 0.3) is 0 Å². The largest absolute Gasteiger partial charge is 0.495 e. The zero-order chi connectivity index (χ0) is 19.2. The van der Waals surface area contributed by atoms with Gasteiger partial charge < -0.3 is 9.47 Å². The van der Waals surface area contributed by atoms with Crippen molar-refractivity contribution in [3.63, 3.8) is 0 Å². The van der Waals surface area contributed by atoms with Crippen molar-refractivity contribution in [2.75, 3.05) is 20.2 Å². The minimum absolute atomic E-state index is 0.0229. The number of nitrogens with zero attached hydrogens (tertiary/aromatic N) is 1. The quantitative estimate of drug-likeness (QED) is 0.804. The average molecular weight is 391 g/mol. The summed E-state index contributed by atoms with van der Waals surface area (Å²) in [6.45, 7) is 0.201. The molecule has 1 saturated heterocycles. The summed E-state index contributed by atoms with van der Waals surface area (Å²) in [5.41, 5.74) is -0.393. The van der Waals surface area contributed by atoms with Gasteiger partial charge in [-0.1, -0.05) is 12.1 Å². The van der Waals surface area contributed by atoms with Gasteiger partial charge in [0.05, 0.1) is 25.6 Å². The third-order valence-corrected chi connectivity index (χ3v) is 6.89. The summed E-state index contributed by atoms with van der Waals surface area (Å²) in [6.07, 6.45) is 0.486. The summed E-state index contributed by atoms with van der Waals surface area (Å²) < 4.78 is 52.2. The highest BCUT2D eigenvalue weighted by Crippen LogP contribution is 2.40. The van der Waals surface area contributed by atoms with Crippen LogP contribution in [0.5, 0.6) is 11.5 Å². The number of Topliss-reactive ketones (excluding diaryl/α,β-unsaturated/α-hetero) is 1. The van der Waals surface area contributed by atoms with E-state index >= 15 is 0 Å². The van der Waals surface area contributed by atoms with Crippen LogP contribution in [0, 0.1) is 5.82 Å². The molecule has 8 heteroatoms. The van der Waals surface area contributed by atoms with E-state index in [1.165, 1.54) is 17.5 Å². The van der Waals surface area contributed by atoms with E-state index in [1.807, 2.05) is 0 Å². The van der Waals surface area contributed by atoms with Gasteiger partial charge in [0.1, 0.15) is 27.8 Å². The van der Waals surface area contributed by atoms with Gasteiger partial charge in [-0.3, -0.25) is 4.79 Å². The molecule has 1 fully saturated rings. The van der Waals surface area contributed by atoms with Crippen molar-refractivity contribution in [1.82, 2.24) is 4.31 Å². The maximum atomic E-state index is 13.7. The fourth-order valence-electron chi connectivity index (χ4n) is 3.68. The van der Waals surface area contributed by atoms with Gasteiger partial charge in [-0.25, -0.2) is 12.8 Å². The molecule has 0 aromatic heterocycles. The van der Waals surface area contributed by atoms with Gasteiger partial charge in [-0.2, -0.15) is 4.31 Å². The number of methoxy groups -OCH3 is 1. The highest BCUT2D eigenvalue weighted by Gasteiger charge is 2.49. The summed E-state index contributed by atoms with van der Waals surface area (Å²) in [5.74, 6) is -0.194. The molecule has 27 heavy (non-hydrogen) atoms. The van der Waals surface area contributed by atoms with Crippen molar-refractivity contribution in [3.05, 3.63) is 53.8 Å². The van der Waals surface area contributed by atoms with Crippen molar-refractivity contribution < 1.29 is 27.1 Å². The van der Waals surface area contributed by atoms with E-state index in [1.54, 1.807) is 24.3 Å². The highest BCUT2D eigenvalue weighted by molar-refractivity contribution is 7.89. The second-order valence-corrected chi connectivity index (χ2v) is 8.67. The van der Waals surface area contributed by atoms with Crippen molar-refractivity contribution >= 4 is 15.8 Å². The minimum Gasteiger partial charge on any atom is -0.495 e. The van der Waals surface area contributed by atoms with Crippen LogP contribution in [0.15, 0.2) is 47.4 Å². The van der Waals surface area contributed by atoms with Crippen molar-refractivity contribution in [3.8, 4) is 11.5 Å². The van der Waals surface area contributed by atoms with E-state index in [-0.39, 0.29) is 35.9 Å². The first-order valence-corrected chi connectivity index (χ1v) is 9.94. The maximum Gasteiger partial charge on any atom is 0.247 e. The number of para-hydroxylation sites is 1. The molecular weight excluding hydrogens is 373 g/mol. The Bertz CT molecular complexity index is 1020. The standard InChI is InChI=1S/C19H18FNO5S/c1-25-17-7-6-13(20)10-18(17)27(23,24)21-9-8-19(12-21)11-15(22)14-4-2-3-5-16(14)26-19/h2-7,10H,8-9,11-12H2,1H3. The zero-order valence-corrected chi connectivity index (χ0v) is 15.5. The smallest absolute Gasteiger partial charge is 0.247 e. The lowest BCUT2D eigenvalue weighted by molar-refractivity contribution is 0.0498. The normalized spacial score (nSPS) is 22.5. The van der Waals surface area contributed by atoms with Gasteiger partial charge in [0.2, 0.25) is 10.0 Å². The second-order valence-electron chi connectivity index (χ2n) is 6.76. The van der Waals surface area contributed by atoms with Gasteiger partial charge in [-0.15, -0.1) is 0 Å². The molecule has 0 amide bonds. The van der Waals surface area contributed by atoms with Gasteiger partial charge in [0, 0.05) is 13.0 Å². The number of rotatable bonds is 3. The lowest BCUT2D eigenvalue weighted by Gasteiger charge is -2.34. The van der Waals surface area contributed by atoms with Crippen LogP contribution in [0.2, 0.25) is 0 Å². The number of hydrogen-bond acceptors (Lipinski definition) is 5. The van der Waals surface area contributed by atoms with E-state index in [4.69, 9.17) is 9.47 Å². The number of halogens is 1. The van der Waals surface area contributed by atoms with Gasteiger partial charge in [0.15, 0.2) is 5.78 Å². The van der Waals surface area contributed by atoms with Crippen LogP contribution in [-0.4, -0.2) is 44.3 Å². The number of sulfonamides is 1. The van der Waals surface area contributed by atoms with Crippen LogP contribution in [0.1, 0.15) is 23.2 Å². The number of ether oxygens (including phenoxy) is 2. The molecule has 142 valence electrons. The molecule has 6 nitrogen and oxygen atoms in total. The summed E-state index contributed by atoms with van der Waals surface area (Å²) in [7, 11) is -2.67. The van der Waals surface area contributed by atoms with E-state index in [0.29, 0.717) is 17.7 Å². The van der Waals surface area contributed by atoms with Crippen LogP contribution in [0.3, 0.4) is 0 Å². The number of carbonyl (C=O) groups excluding carboxylic acids is 1. The molecule has 1 unspecified atom stereocenters. The molecular formula is C19H18FNO5S. The first-order valence-electron chi connectivity index (χ1n) is 8.50. The van der Waals surface area contributed by atoms with E-state index in [9.17, 15) is 17.6 Å². The lowest BCUT2D eigenvalue weighted by Crippen LogP contribution is -2.45. The topological polar surface area (TPSA) is 72.9 Å². The summed E-state index contributed by atoms with van der Waals surface area (Å²) in [4.78, 5) is 12.3. The molecule has 1 spiro atoms. The summed E-state index contributed by atoms with van der Waals surface area (Å²) in [6, 6.07) is 10.3. The average Bonchev–Trinajstić information content (AvgIpc) is 3.05. The molecule has 0 bridgehead atoms. The predicted molar refractivity (Wildman–Crippen MR) is 95.1 cm³/mol. The maximum absolute atomic E-state index is 13.7. The van der Waals surface area contributed by atoms with Crippen LogP contribution in [-0.2, 0) is 10.0 Å². The van der Waals surface area contributed by atoms with E-state index in [0.717, 1.165) is 12.1 Å².